The molecule has 118 valence electrons. The van der Waals surface area contributed by atoms with Crippen molar-refractivity contribution in [2.45, 2.75) is 58.0 Å². The maximum atomic E-state index is 14.0. The van der Waals surface area contributed by atoms with Gasteiger partial charge in [-0.2, -0.15) is 0 Å². The number of hydrogen-bond donors (Lipinski definition) is 1. The molecule has 3 heteroatoms. The highest BCUT2D eigenvalue weighted by Crippen LogP contribution is 2.24. The molecular weight excluding hydrogens is 263 g/mol. The minimum absolute atomic E-state index is 0.0888. The molecule has 1 aromatic rings. The molecular formula is C18H29FN2. The van der Waals surface area contributed by atoms with Crippen LogP contribution in [0.5, 0.6) is 0 Å². The molecule has 2 unspecified atom stereocenters. The van der Waals surface area contributed by atoms with Crippen LogP contribution in [0.1, 0.15) is 57.6 Å². The highest BCUT2D eigenvalue weighted by atomic mass is 19.1. The summed E-state index contributed by atoms with van der Waals surface area (Å²) in [6.07, 6.45) is 6.19. The molecule has 2 atom stereocenters. The molecule has 2 nitrogen and oxygen atoms in total. The molecule has 0 bridgehead atoms. The van der Waals surface area contributed by atoms with Crippen LogP contribution in [-0.4, -0.2) is 30.6 Å². The number of rotatable bonds is 7. The first-order chi connectivity index (χ1) is 10.3. The second kappa shape index (κ2) is 8.50. The van der Waals surface area contributed by atoms with Crippen molar-refractivity contribution in [2.75, 3.05) is 19.6 Å². The predicted octanol–water partition coefficient (Wildman–Crippen LogP) is 4.13. The Balaban J connectivity index is 1.98. The number of hydrogen-bond acceptors (Lipinski definition) is 2. The van der Waals surface area contributed by atoms with Crippen molar-refractivity contribution in [1.29, 1.82) is 0 Å². The summed E-state index contributed by atoms with van der Waals surface area (Å²) in [5.74, 6) is -0.0888. The van der Waals surface area contributed by atoms with Crippen LogP contribution in [0.3, 0.4) is 0 Å². The van der Waals surface area contributed by atoms with Crippen molar-refractivity contribution >= 4 is 0 Å². The zero-order valence-electron chi connectivity index (χ0n) is 13.4. The number of benzene rings is 1. The SMILES string of the molecule is CCNC(CCN1CCCCC1CC)c1ccccc1F. The number of nitrogens with zero attached hydrogens (tertiary/aromatic N) is 1. The van der Waals surface area contributed by atoms with Gasteiger partial charge in [0.1, 0.15) is 5.82 Å². The van der Waals surface area contributed by atoms with E-state index in [1.807, 2.05) is 12.1 Å². The highest BCUT2D eigenvalue weighted by Gasteiger charge is 2.22. The molecule has 1 fully saturated rings. The Morgan fingerprint density at radius 3 is 2.81 bits per heavy atom. The first kappa shape index (κ1) is 16.4. The Morgan fingerprint density at radius 1 is 1.29 bits per heavy atom. The molecule has 21 heavy (non-hydrogen) atoms. The molecule has 1 aliphatic rings. The molecule has 2 rings (SSSR count). The van der Waals surface area contributed by atoms with Crippen LogP contribution in [0, 0.1) is 5.82 Å². The molecule has 1 saturated heterocycles. The summed E-state index contributed by atoms with van der Waals surface area (Å²) >= 11 is 0. The first-order valence-corrected chi connectivity index (χ1v) is 8.48. The van der Waals surface area contributed by atoms with Gasteiger partial charge in [-0.15, -0.1) is 0 Å². The smallest absolute Gasteiger partial charge is 0.127 e. The Hall–Kier alpha value is -0.930. The summed E-state index contributed by atoms with van der Waals surface area (Å²) in [5, 5.41) is 3.45. The lowest BCUT2D eigenvalue weighted by Gasteiger charge is -2.36. The maximum absolute atomic E-state index is 14.0. The third-order valence-electron chi connectivity index (χ3n) is 4.66. The van der Waals surface area contributed by atoms with Crippen LogP contribution in [0.25, 0.3) is 0 Å². The van der Waals surface area contributed by atoms with Gasteiger partial charge in [-0.3, -0.25) is 0 Å². The fraction of sp³-hybridized carbons (Fsp3) is 0.667. The average molecular weight is 292 g/mol. The van der Waals surface area contributed by atoms with Gasteiger partial charge in [0.25, 0.3) is 0 Å². The van der Waals surface area contributed by atoms with Crippen LogP contribution in [0.2, 0.25) is 0 Å². The van der Waals surface area contributed by atoms with Gasteiger partial charge >= 0.3 is 0 Å². The zero-order chi connectivity index (χ0) is 15.1. The normalized spacial score (nSPS) is 21.4. The lowest BCUT2D eigenvalue weighted by atomic mass is 9.97. The molecule has 1 heterocycles. The van der Waals surface area contributed by atoms with Crippen LogP contribution < -0.4 is 5.32 Å². The largest absolute Gasteiger partial charge is 0.310 e. The summed E-state index contributed by atoms with van der Waals surface area (Å²) in [7, 11) is 0. The monoisotopic (exact) mass is 292 g/mol. The molecule has 0 aromatic heterocycles. The first-order valence-electron chi connectivity index (χ1n) is 8.48. The Bertz CT molecular complexity index is 421. The van der Waals surface area contributed by atoms with Crippen molar-refractivity contribution in [3.05, 3.63) is 35.6 Å². The maximum Gasteiger partial charge on any atom is 0.127 e. The fourth-order valence-corrected chi connectivity index (χ4v) is 3.48. The standard InChI is InChI=1S/C18H29FN2/c1-3-15-9-7-8-13-21(15)14-12-18(20-4-2)16-10-5-6-11-17(16)19/h5-6,10-11,15,18,20H,3-4,7-9,12-14H2,1-2H3. The molecule has 0 aliphatic carbocycles. The van der Waals surface area contributed by atoms with Gasteiger partial charge in [0.2, 0.25) is 0 Å². The van der Waals surface area contributed by atoms with Crippen molar-refractivity contribution in [2.24, 2.45) is 0 Å². The van der Waals surface area contributed by atoms with Crippen LogP contribution in [0.4, 0.5) is 4.39 Å². The van der Waals surface area contributed by atoms with Gasteiger partial charge in [0.15, 0.2) is 0 Å². The van der Waals surface area contributed by atoms with E-state index >= 15 is 0 Å². The van der Waals surface area contributed by atoms with Gasteiger partial charge in [0, 0.05) is 24.2 Å². The average Bonchev–Trinajstić information content (AvgIpc) is 2.52. The highest BCUT2D eigenvalue weighted by molar-refractivity contribution is 5.21. The lowest BCUT2D eigenvalue weighted by Crippen LogP contribution is -2.40. The second-order valence-corrected chi connectivity index (χ2v) is 6.01. The summed E-state index contributed by atoms with van der Waals surface area (Å²) in [5.41, 5.74) is 0.810. The van der Waals surface area contributed by atoms with E-state index in [4.69, 9.17) is 0 Å². The second-order valence-electron chi connectivity index (χ2n) is 6.01. The quantitative estimate of drug-likeness (QED) is 0.813. The van der Waals surface area contributed by atoms with Crippen LogP contribution >= 0.6 is 0 Å². The van der Waals surface area contributed by atoms with E-state index < -0.39 is 0 Å². The van der Waals surface area contributed by atoms with E-state index in [-0.39, 0.29) is 11.9 Å². The summed E-state index contributed by atoms with van der Waals surface area (Å²) in [4.78, 5) is 2.61. The van der Waals surface area contributed by atoms with Gasteiger partial charge in [0.05, 0.1) is 0 Å². The molecule has 0 radical (unpaired) electrons. The van der Waals surface area contributed by atoms with Crippen molar-refractivity contribution in [3.63, 3.8) is 0 Å². The fourth-order valence-electron chi connectivity index (χ4n) is 3.48. The third kappa shape index (κ3) is 4.52. The summed E-state index contributed by atoms with van der Waals surface area (Å²) in [6.45, 7) is 7.50. The number of piperidine rings is 1. The molecule has 0 spiro atoms. The van der Waals surface area contributed by atoms with E-state index in [2.05, 4.69) is 24.1 Å². The van der Waals surface area contributed by atoms with Crippen molar-refractivity contribution in [1.82, 2.24) is 10.2 Å². The van der Waals surface area contributed by atoms with E-state index in [9.17, 15) is 4.39 Å². The van der Waals surface area contributed by atoms with E-state index in [0.29, 0.717) is 0 Å². The van der Waals surface area contributed by atoms with E-state index in [1.54, 1.807) is 12.1 Å². The van der Waals surface area contributed by atoms with Crippen LogP contribution in [-0.2, 0) is 0 Å². The van der Waals surface area contributed by atoms with Crippen molar-refractivity contribution < 1.29 is 4.39 Å². The molecule has 1 N–H and O–H groups in total. The van der Waals surface area contributed by atoms with E-state index in [0.717, 1.165) is 31.1 Å². The summed E-state index contributed by atoms with van der Waals surface area (Å²) in [6, 6.07) is 8.02. The Kier molecular flexibility index (Phi) is 6.65. The van der Waals surface area contributed by atoms with Crippen LogP contribution in [0.15, 0.2) is 24.3 Å². The van der Waals surface area contributed by atoms with Gasteiger partial charge < -0.3 is 10.2 Å². The molecule has 0 saturated carbocycles. The molecule has 1 aromatic carbocycles. The predicted molar refractivity (Wildman–Crippen MR) is 86.9 cm³/mol. The lowest BCUT2D eigenvalue weighted by molar-refractivity contribution is 0.137. The number of likely N-dealkylation sites (tertiary alicyclic amines) is 1. The number of nitrogens with one attached hydrogen (secondary N) is 1. The Morgan fingerprint density at radius 2 is 2.10 bits per heavy atom. The zero-order valence-corrected chi connectivity index (χ0v) is 13.4. The molecule has 0 amide bonds. The topological polar surface area (TPSA) is 15.3 Å². The molecule has 1 aliphatic heterocycles. The minimum Gasteiger partial charge on any atom is -0.310 e. The third-order valence-corrected chi connectivity index (χ3v) is 4.66. The van der Waals surface area contributed by atoms with Crippen molar-refractivity contribution in [3.8, 4) is 0 Å². The number of halogens is 1. The van der Waals surface area contributed by atoms with E-state index in [1.165, 1.54) is 32.2 Å². The van der Waals surface area contributed by atoms with Gasteiger partial charge in [-0.1, -0.05) is 38.5 Å². The van der Waals surface area contributed by atoms with Gasteiger partial charge in [-0.25, -0.2) is 4.39 Å². The summed E-state index contributed by atoms with van der Waals surface area (Å²) < 4.78 is 14.0. The Labute approximate surface area is 128 Å². The minimum atomic E-state index is -0.0888. The van der Waals surface area contributed by atoms with Gasteiger partial charge in [-0.05, 0) is 44.8 Å².